The summed E-state index contributed by atoms with van der Waals surface area (Å²) in [7, 11) is 1.47. The fourth-order valence-corrected chi connectivity index (χ4v) is 2.05. The van der Waals surface area contributed by atoms with Crippen molar-refractivity contribution in [1.82, 2.24) is 0 Å². The van der Waals surface area contributed by atoms with Crippen LogP contribution in [0.5, 0.6) is 5.75 Å². The van der Waals surface area contributed by atoms with Crippen LogP contribution in [0.1, 0.15) is 10.4 Å². The van der Waals surface area contributed by atoms with Gasteiger partial charge < -0.3 is 15.8 Å². The molecule has 0 aromatic heterocycles. The molecule has 0 spiro atoms. The van der Waals surface area contributed by atoms with Gasteiger partial charge in [0.25, 0.3) is 5.91 Å². The Labute approximate surface area is 123 Å². The Morgan fingerprint density at radius 1 is 1.30 bits per heavy atom. The lowest BCUT2D eigenvalue weighted by atomic mass is 10.1. The lowest BCUT2D eigenvalue weighted by Crippen LogP contribution is -2.13. The fourth-order valence-electron chi connectivity index (χ4n) is 1.68. The van der Waals surface area contributed by atoms with E-state index in [9.17, 15) is 9.18 Å². The Morgan fingerprint density at radius 2 is 2.05 bits per heavy atom. The number of rotatable bonds is 3. The summed E-state index contributed by atoms with van der Waals surface area (Å²) in [5, 5.41) is 2.66. The van der Waals surface area contributed by atoms with E-state index in [4.69, 9.17) is 10.5 Å². The normalized spacial score (nSPS) is 10.2. The summed E-state index contributed by atoms with van der Waals surface area (Å²) in [6, 6.07) is 8.99. The molecule has 0 fully saturated rings. The molecule has 0 unspecified atom stereocenters. The van der Waals surface area contributed by atoms with Crippen LogP contribution in [0.3, 0.4) is 0 Å². The first-order valence-electron chi connectivity index (χ1n) is 5.71. The zero-order chi connectivity index (χ0) is 14.7. The average molecular weight is 339 g/mol. The maximum atomic E-state index is 13.1. The second-order valence-corrected chi connectivity index (χ2v) is 4.90. The van der Waals surface area contributed by atoms with Gasteiger partial charge in [0.05, 0.1) is 17.1 Å². The number of methoxy groups -OCH3 is 1. The van der Waals surface area contributed by atoms with Crippen LogP contribution in [0, 0.1) is 5.82 Å². The Hall–Kier alpha value is -2.08. The summed E-state index contributed by atoms with van der Waals surface area (Å²) in [5.41, 5.74) is 6.90. The molecule has 0 atom stereocenters. The van der Waals surface area contributed by atoms with Crippen molar-refractivity contribution >= 4 is 33.2 Å². The van der Waals surface area contributed by atoms with Gasteiger partial charge in [-0.1, -0.05) is 0 Å². The SMILES string of the molecule is COc1ccc(N)cc1C(=O)Nc1ccc(F)c(Br)c1. The van der Waals surface area contributed by atoms with E-state index in [1.54, 1.807) is 12.1 Å². The number of nitrogen functional groups attached to an aromatic ring is 1. The Bertz CT molecular complexity index is 662. The molecular formula is C14H12BrFN2O2. The molecule has 0 aliphatic heterocycles. The van der Waals surface area contributed by atoms with Crippen molar-refractivity contribution in [3.05, 3.63) is 52.3 Å². The van der Waals surface area contributed by atoms with Gasteiger partial charge in [0, 0.05) is 11.4 Å². The monoisotopic (exact) mass is 338 g/mol. The van der Waals surface area contributed by atoms with Crippen molar-refractivity contribution in [3.63, 3.8) is 0 Å². The largest absolute Gasteiger partial charge is 0.496 e. The van der Waals surface area contributed by atoms with Crippen molar-refractivity contribution in [2.24, 2.45) is 0 Å². The number of halogens is 2. The molecule has 104 valence electrons. The molecule has 20 heavy (non-hydrogen) atoms. The number of hydrogen-bond donors (Lipinski definition) is 2. The van der Waals surface area contributed by atoms with Gasteiger partial charge in [-0.25, -0.2) is 4.39 Å². The number of nitrogens with one attached hydrogen (secondary N) is 1. The molecular weight excluding hydrogens is 327 g/mol. The van der Waals surface area contributed by atoms with Crippen LogP contribution in [0.2, 0.25) is 0 Å². The van der Waals surface area contributed by atoms with E-state index in [1.165, 1.54) is 31.4 Å². The minimum Gasteiger partial charge on any atom is -0.496 e. The first-order valence-corrected chi connectivity index (χ1v) is 6.50. The number of amides is 1. The number of benzene rings is 2. The van der Waals surface area contributed by atoms with Gasteiger partial charge in [0.2, 0.25) is 0 Å². The van der Waals surface area contributed by atoms with Crippen LogP contribution in [-0.4, -0.2) is 13.0 Å². The number of hydrogen-bond acceptors (Lipinski definition) is 3. The maximum Gasteiger partial charge on any atom is 0.259 e. The minimum atomic E-state index is -0.399. The molecule has 0 heterocycles. The summed E-state index contributed by atoms with van der Waals surface area (Å²) >= 11 is 3.06. The van der Waals surface area contributed by atoms with E-state index in [0.29, 0.717) is 22.7 Å². The van der Waals surface area contributed by atoms with Crippen LogP contribution in [0.4, 0.5) is 15.8 Å². The van der Waals surface area contributed by atoms with Crippen LogP contribution in [0.25, 0.3) is 0 Å². The van der Waals surface area contributed by atoms with E-state index in [2.05, 4.69) is 21.2 Å². The van der Waals surface area contributed by atoms with Gasteiger partial charge in [-0.05, 0) is 52.3 Å². The molecule has 2 aromatic carbocycles. The first-order chi connectivity index (χ1) is 9.51. The van der Waals surface area contributed by atoms with Gasteiger partial charge in [0.15, 0.2) is 0 Å². The van der Waals surface area contributed by atoms with Crippen molar-refractivity contribution < 1.29 is 13.9 Å². The predicted octanol–water partition coefficient (Wildman–Crippen LogP) is 3.43. The van der Waals surface area contributed by atoms with Crippen LogP contribution in [-0.2, 0) is 0 Å². The lowest BCUT2D eigenvalue weighted by molar-refractivity contribution is 0.102. The topological polar surface area (TPSA) is 64.3 Å². The zero-order valence-corrected chi connectivity index (χ0v) is 12.2. The van der Waals surface area contributed by atoms with Gasteiger partial charge in [-0.15, -0.1) is 0 Å². The second kappa shape index (κ2) is 5.92. The highest BCUT2D eigenvalue weighted by Crippen LogP contribution is 2.24. The second-order valence-electron chi connectivity index (χ2n) is 4.04. The summed E-state index contributed by atoms with van der Waals surface area (Å²) in [6.07, 6.45) is 0. The highest BCUT2D eigenvalue weighted by atomic mass is 79.9. The van der Waals surface area contributed by atoms with E-state index < -0.39 is 5.82 Å². The van der Waals surface area contributed by atoms with E-state index in [-0.39, 0.29) is 10.4 Å². The van der Waals surface area contributed by atoms with Crippen LogP contribution in [0.15, 0.2) is 40.9 Å². The molecule has 4 nitrogen and oxygen atoms in total. The average Bonchev–Trinajstić information content (AvgIpc) is 2.43. The molecule has 6 heteroatoms. The van der Waals surface area contributed by atoms with Crippen molar-refractivity contribution in [1.29, 1.82) is 0 Å². The van der Waals surface area contributed by atoms with Gasteiger partial charge in [0.1, 0.15) is 11.6 Å². The minimum absolute atomic E-state index is 0.273. The number of carbonyl (C=O) groups is 1. The molecule has 1 amide bonds. The molecule has 2 aromatic rings. The molecule has 0 saturated carbocycles. The molecule has 0 aliphatic carbocycles. The van der Waals surface area contributed by atoms with Crippen molar-refractivity contribution in [2.45, 2.75) is 0 Å². The smallest absolute Gasteiger partial charge is 0.259 e. The quantitative estimate of drug-likeness (QED) is 0.842. The standard InChI is InChI=1S/C14H12BrFN2O2/c1-20-13-5-2-8(17)6-10(13)14(19)18-9-3-4-12(16)11(15)7-9/h2-7H,17H2,1H3,(H,18,19). The zero-order valence-electron chi connectivity index (χ0n) is 10.6. The summed E-state index contributed by atoms with van der Waals surface area (Å²) in [6.45, 7) is 0. The third kappa shape index (κ3) is 3.08. The number of ether oxygens (including phenoxy) is 1. The molecule has 0 bridgehead atoms. The summed E-state index contributed by atoms with van der Waals surface area (Å²) < 4.78 is 18.5. The molecule has 0 saturated heterocycles. The Morgan fingerprint density at radius 3 is 2.70 bits per heavy atom. The number of nitrogens with two attached hydrogens (primary N) is 1. The van der Waals surface area contributed by atoms with Gasteiger partial charge in [-0.2, -0.15) is 0 Å². The molecule has 2 rings (SSSR count). The highest BCUT2D eigenvalue weighted by Gasteiger charge is 2.13. The summed E-state index contributed by atoms with van der Waals surface area (Å²) in [5.74, 6) is -0.366. The molecule has 0 aliphatic rings. The lowest BCUT2D eigenvalue weighted by Gasteiger charge is -2.10. The Kier molecular flexibility index (Phi) is 4.24. The summed E-state index contributed by atoms with van der Waals surface area (Å²) in [4.78, 5) is 12.2. The number of carbonyl (C=O) groups excluding carboxylic acids is 1. The van der Waals surface area contributed by atoms with Crippen molar-refractivity contribution in [3.8, 4) is 5.75 Å². The van der Waals surface area contributed by atoms with Gasteiger partial charge in [-0.3, -0.25) is 4.79 Å². The fraction of sp³-hybridized carbons (Fsp3) is 0.0714. The number of anilines is 2. The van der Waals surface area contributed by atoms with Crippen LogP contribution >= 0.6 is 15.9 Å². The first kappa shape index (κ1) is 14.3. The molecule has 0 radical (unpaired) electrons. The Balaban J connectivity index is 2.27. The predicted molar refractivity (Wildman–Crippen MR) is 79.5 cm³/mol. The maximum absolute atomic E-state index is 13.1. The van der Waals surface area contributed by atoms with Gasteiger partial charge >= 0.3 is 0 Å². The molecule has 3 N–H and O–H groups in total. The van der Waals surface area contributed by atoms with Crippen LogP contribution < -0.4 is 15.8 Å². The third-order valence-corrected chi connectivity index (χ3v) is 3.25. The van der Waals surface area contributed by atoms with E-state index >= 15 is 0 Å². The third-order valence-electron chi connectivity index (χ3n) is 2.65. The van der Waals surface area contributed by atoms with E-state index in [1.807, 2.05) is 0 Å². The highest BCUT2D eigenvalue weighted by molar-refractivity contribution is 9.10. The van der Waals surface area contributed by atoms with Crippen molar-refractivity contribution in [2.75, 3.05) is 18.2 Å². The van der Waals surface area contributed by atoms with E-state index in [0.717, 1.165) is 0 Å².